The summed E-state index contributed by atoms with van der Waals surface area (Å²) in [5.74, 6) is 0. The molecule has 0 aliphatic carbocycles. The van der Waals surface area contributed by atoms with Gasteiger partial charge in [-0.25, -0.2) is 0 Å². The molecule has 2 nitrogen and oxygen atoms in total. The van der Waals surface area contributed by atoms with Gasteiger partial charge in [-0.1, -0.05) is 6.07 Å². The Kier molecular flexibility index (Phi) is 2.27. The van der Waals surface area contributed by atoms with Crippen molar-refractivity contribution < 1.29 is 0 Å². The van der Waals surface area contributed by atoms with Crippen molar-refractivity contribution in [3.63, 3.8) is 0 Å². The molecule has 0 amide bonds. The number of hydrogen-bond donors (Lipinski definition) is 0. The smallest absolute Gasteiger partial charge is 0.0720 e. The number of pyridine rings is 2. The van der Waals surface area contributed by atoms with Crippen molar-refractivity contribution in [2.75, 3.05) is 0 Å². The molecule has 0 radical (unpaired) electrons. The van der Waals surface area contributed by atoms with E-state index >= 15 is 0 Å². The molecular weight excluding hydrogens is 172 g/mol. The Morgan fingerprint density at radius 2 is 1.93 bits per heavy atom. The molecule has 2 heterocycles. The zero-order valence-corrected chi connectivity index (χ0v) is 8.36. The van der Waals surface area contributed by atoms with Crippen LogP contribution in [0, 0.1) is 13.8 Å². The molecule has 0 aromatic carbocycles. The van der Waals surface area contributed by atoms with E-state index in [1.165, 1.54) is 0 Å². The van der Waals surface area contributed by atoms with Gasteiger partial charge in [-0.15, -0.1) is 0 Å². The van der Waals surface area contributed by atoms with Crippen molar-refractivity contribution in [2.45, 2.75) is 13.8 Å². The van der Waals surface area contributed by atoms with Crippen LogP contribution < -0.4 is 0 Å². The van der Waals surface area contributed by atoms with Gasteiger partial charge in [0.05, 0.1) is 5.69 Å². The third-order valence-electron chi connectivity index (χ3n) is 2.06. The number of nitrogens with zero attached hydrogens (tertiary/aromatic N) is 2. The van der Waals surface area contributed by atoms with Crippen LogP contribution in [0.25, 0.3) is 11.3 Å². The minimum absolute atomic E-state index is 0.987. The van der Waals surface area contributed by atoms with Gasteiger partial charge < -0.3 is 0 Å². The van der Waals surface area contributed by atoms with E-state index in [1.807, 2.05) is 44.4 Å². The molecule has 2 aromatic heterocycles. The SMILES string of the molecule is Cc1cncc(-c2cccc(C)n2)c1. The number of aromatic nitrogens is 2. The second-order valence-electron chi connectivity index (χ2n) is 3.42. The Morgan fingerprint density at radius 3 is 2.64 bits per heavy atom. The molecule has 0 bridgehead atoms. The van der Waals surface area contributed by atoms with Crippen molar-refractivity contribution in [1.82, 2.24) is 9.97 Å². The number of rotatable bonds is 1. The summed E-state index contributed by atoms with van der Waals surface area (Å²) in [5.41, 5.74) is 4.25. The van der Waals surface area contributed by atoms with E-state index in [2.05, 4.69) is 16.0 Å². The highest BCUT2D eigenvalue weighted by molar-refractivity contribution is 5.58. The van der Waals surface area contributed by atoms with Gasteiger partial charge >= 0.3 is 0 Å². The molecule has 0 saturated heterocycles. The lowest BCUT2D eigenvalue weighted by molar-refractivity contribution is 1.19. The van der Waals surface area contributed by atoms with Crippen LogP contribution in [0.5, 0.6) is 0 Å². The van der Waals surface area contributed by atoms with Crippen LogP contribution >= 0.6 is 0 Å². The van der Waals surface area contributed by atoms with Crippen molar-refractivity contribution in [3.05, 3.63) is 47.9 Å². The van der Waals surface area contributed by atoms with Crippen LogP contribution in [0.3, 0.4) is 0 Å². The van der Waals surface area contributed by atoms with Gasteiger partial charge in [0.15, 0.2) is 0 Å². The first-order valence-electron chi connectivity index (χ1n) is 4.61. The standard InChI is InChI=1S/C12H12N2/c1-9-6-11(8-13-7-9)12-5-3-4-10(2)14-12/h3-8H,1-2H3. The predicted octanol–water partition coefficient (Wildman–Crippen LogP) is 2.76. The van der Waals surface area contributed by atoms with Gasteiger partial charge in [0.25, 0.3) is 0 Å². The largest absolute Gasteiger partial charge is 0.264 e. The van der Waals surface area contributed by atoms with Crippen LogP contribution in [0.4, 0.5) is 0 Å². The van der Waals surface area contributed by atoms with Crippen molar-refractivity contribution >= 4 is 0 Å². The molecule has 14 heavy (non-hydrogen) atoms. The molecule has 0 unspecified atom stereocenters. The van der Waals surface area contributed by atoms with E-state index in [9.17, 15) is 0 Å². The average molecular weight is 184 g/mol. The second kappa shape index (κ2) is 3.58. The van der Waals surface area contributed by atoms with Gasteiger partial charge in [0, 0.05) is 23.7 Å². The Bertz CT molecular complexity index is 406. The van der Waals surface area contributed by atoms with Gasteiger partial charge in [-0.3, -0.25) is 9.97 Å². The fraction of sp³-hybridized carbons (Fsp3) is 0.167. The zero-order chi connectivity index (χ0) is 9.97. The summed E-state index contributed by atoms with van der Waals surface area (Å²) < 4.78 is 0. The summed E-state index contributed by atoms with van der Waals surface area (Å²) in [6.07, 6.45) is 3.69. The summed E-state index contributed by atoms with van der Waals surface area (Å²) >= 11 is 0. The summed E-state index contributed by atoms with van der Waals surface area (Å²) in [6, 6.07) is 8.10. The predicted molar refractivity (Wildman–Crippen MR) is 56.9 cm³/mol. The number of aryl methyl sites for hydroxylation is 2. The maximum atomic E-state index is 4.44. The average Bonchev–Trinajstić information content (AvgIpc) is 2.18. The first kappa shape index (κ1) is 8.88. The number of hydrogen-bond acceptors (Lipinski definition) is 2. The van der Waals surface area contributed by atoms with E-state index in [0.29, 0.717) is 0 Å². The van der Waals surface area contributed by atoms with Gasteiger partial charge in [-0.2, -0.15) is 0 Å². The fourth-order valence-corrected chi connectivity index (χ4v) is 1.40. The maximum absolute atomic E-state index is 4.44. The first-order chi connectivity index (χ1) is 6.75. The molecule has 0 aliphatic rings. The van der Waals surface area contributed by atoms with Crippen LogP contribution in [-0.2, 0) is 0 Å². The molecule has 0 spiro atoms. The van der Waals surface area contributed by atoms with Crippen molar-refractivity contribution in [1.29, 1.82) is 0 Å². The lowest BCUT2D eigenvalue weighted by atomic mass is 10.1. The van der Waals surface area contributed by atoms with E-state index < -0.39 is 0 Å². The Morgan fingerprint density at radius 1 is 1.07 bits per heavy atom. The molecule has 2 heteroatoms. The Balaban J connectivity index is 2.49. The molecule has 2 rings (SSSR count). The molecule has 0 atom stereocenters. The molecule has 0 aliphatic heterocycles. The minimum atomic E-state index is 0.987. The third kappa shape index (κ3) is 1.79. The fourth-order valence-electron chi connectivity index (χ4n) is 1.40. The molecule has 0 saturated carbocycles. The van der Waals surface area contributed by atoms with Gasteiger partial charge in [0.1, 0.15) is 0 Å². The summed E-state index contributed by atoms with van der Waals surface area (Å²) in [4.78, 5) is 8.59. The van der Waals surface area contributed by atoms with Crippen LogP contribution in [0.1, 0.15) is 11.3 Å². The van der Waals surface area contributed by atoms with E-state index in [1.54, 1.807) is 0 Å². The third-order valence-corrected chi connectivity index (χ3v) is 2.06. The lowest BCUT2D eigenvalue weighted by Gasteiger charge is -2.01. The monoisotopic (exact) mass is 184 g/mol. The highest BCUT2D eigenvalue weighted by Gasteiger charge is 1.99. The maximum Gasteiger partial charge on any atom is 0.0720 e. The van der Waals surface area contributed by atoms with Crippen molar-refractivity contribution in [2.24, 2.45) is 0 Å². The summed E-state index contributed by atoms with van der Waals surface area (Å²) in [6.45, 7) is 4.03. The molecule has 2 aromatic rings. The second-order valence-corrected chi connectivity index (χ2v) is 3.42. The minimum Gasteiger partial charge on any atom is -0.264 e. The van der Waals surface area contributed by atoms with E-state index in [-0.39, 0.29) is 0 Å². The lowest BCUT2D eigenvalue weighted by Crippen LogP contribution is -1.87. The van der Waals surface area contributed by atoms with Crippen LogP contribution in [0.15, 0.2) is 36.7 Å². The Hall–Kier alpha value is -1.70. The van der Waals surface area contributed by atoms with Gasteiger partial charge in [-0.05, 0) is 37.6 Å². The highest BCUT2D eigenvalue weighted by Crippen LogP contribution is 2.16. The molecular formula is C12H12N2. The van der Waals surface area contributed by atoms with Crippen molar-refractivity contribution in [3.8, 4) is 11.3 Å². The highest BCUT2D eigenvalue weighted by atomic mass is 14.7. The van der Waals surface area contributed by atoms with E-state index in [4.69, 9.17) is 0 Å². The summed E-state index contributed by atoms with van der Waals surface area (Å²) in [5, 5.41) is 0. The Labute approximate surface area is 83.7 Å². The molecule has 0 N–H and O–H groups in total. The van der Waals surface area contributed by atoms with Crippen LogP contribution in [-0.4, -0.2) is 9.97 Å². The van der Waals surface area contributed by atoms with Gasteiger partial charge in [0.2, 0.25) is 0 Å². The topological polar surface area (TPSA) is 25.8 Å². The van der Waals surface area contributed by atoms with E-state index in [0.717, 1.165) is 22.5 Å². The molecule has 0 fully saturated rings. The quantitative estimate of drug-likeness (QED) is 0.681. The van der Waals surface area contributed by atoms with Crippen LogP contribution in [0.2, 0.25) is 0 Å². The zero-order valence-electron chi connectivity index (χ0n) is 8.36. The summed E-state index contributed by atoms with van der Waals surface area (Å²) in [7, 11) is 0. The molecule has 70 valence electrons. The first-order valence-corrected chi connectivity index (χ1v) is 4.61. The normalized spacial score (nSPS) is 10.1.